The third-order valence-electron chi connectivity index (χ3n) is 3.46. The third-order valence-corrected chi connectivity index (χ3v) is 3.46. The standard InChI is InChI=1S/C18H18N6.2ClH/c19-11-1-5-13(6-2-11)23-17-9-16(22)18(10-15(17)21)24-14-7-3-12(20)4-8-14;;/h1-10H,19-22H2;2*1H. The van der Waals surface area contributed by atoms with Crippen LogP contribution in [0.15, 0.2) is 82.1 Å². The second-order valence-electron chi connectivity index (χ2n) is 5.38. The molecule has 3 rings (SSSR count). The Hall–Kier alpha value is -2.96. The van der Waals surface area contributed by atoms with Gasteiger partial charge in [-0.3, -0.25) is 0 Å². The number of hydrogen-bond acceptors (Lipinski definition) is 6. The number of anilines is 2. The number of nitrogens with zero attached hydrogens (tertiary/aromatic N) is 2. The average Bonchev–Trinajstić information content (AvgIpc) is 2.56. The molecule has 0 heterocycles. The van der Waals surface area contributed by atoms with Crippen LogP contribution in [0, 0.1) is 0 Å². The van der Waals surface area contributed by atoms with Crippen LogP contribution in [-0.4, -0.2) is 11.4 Å². The van der Waals surface area contributed by atoms with Crippen molar-refractivity contribution in [1.29, 1.82) is 0 Å². The molecule has 1 aliphatic carbocycles. The van der Waals surface area contributed by atoms with Gasteiger partial charge in [0.1, 0.15) is 0 Å². The van der Waals surface area contributed by atoms with Crippen molar-refractivity contribution >= 4 is 59.0 Å². The van der Waals surface area contributed by atoms with E-state index in [4.69, 9.17) is 22.9 Å². The zero-order valence-corrected chi connectivity index (χ0v) is 15.4. The molecule has 8 heteroatoms. The highest BCUT2D eigenvalue weighted by Crippen LogP contribution is 2.20. The molecule has 0 aliphatic heterocycles. The summed E-state index contributed by atoms with van der Waals surface area (Å²) in [6.07, 6.45) is 3.42. The van der Waals surface area contributed by atoms with E-state index in [2.05, 4.69) is 9.98 Å². The number of allylic oxidation sites excluding steroid dienone is 2. The first-order valence-electron chi connectivity index (χ1n) is 7.35. The summed E-state index contributed by atoms with van der Waals surface area (Å²) in [7, 11) is 0. The number of benzene rings is 2. The maximum Gasteiger partial charge on any atom is 0.0888 e. The lowest BCUT2D eigenvalue weighted by molar-refractivity contribution is 1.36. The van der Waals surface area contributed by atoms with Crippen molar-refractivity contribution in [3.8, 4) is 0 Å². The lowest BCUT2D eigenvalue weighted by Gasteiger charge is -2.12. The minimum absolute atomic E-state index is 0. The van der Waals surface area contributed by atoms with Crippen LogP contribution in [0.2, 0.25) is 0 Å². The molecule has 136 valence electrons. The molecule has 0 saturated carbocycles. The first-order chi connectivity index (χ1) is 11.5. The number of halogens is 2. The molecule has 0 fully saturated rings. The van der Waals surface area contributed by atoms with Crippen LogP contribution in [0.1, 0.15) is 0 Å². The average molecular weight is 391 g/mol. The van der Waals surface area contributed by atoms with Gasteiger partial charge in [0.15, 0.2) is 0 Å². The Labute approximate surface area is 164 Å². The molecule has 0 aromatic heterocycles. The van der Waals surface area contributed by atoms with Crippen molar-refractivity contribution in [2.75, 3.05) is 11.5 Å². The van der Waals surface area contributed by atoms with Crippen molar-refractivity contribution in [2.24, 2.45) is 21.5 Å². The van der Waals surface area contributed by atoms with Gasteiger partial charge >= 0.3 is 0 Å². The molecule has 0 bridgehead atoms. The normalized spacial score (nSPS) is 16.3. The van der Waals surface area contributed by atoms with Crippen molar-refractivity contribution in [3.63, 3.8) is 0 Å². The van der Waals surface area contributed by atoms with Crippen LogP contribution in [-0.2, 0) is 0 Å². The van der Waals surface area contributed by atoms with Crippen LogP contribution in [0.25, 0.3) is 0 Å². The summed E-state index contributed by atoms with van der Waals surface area (Å²) in [6, 6.07) is 14.4. The number of hydrogen-bond donors (Lipinski definition) is 4. The molecule has 0 radical (unpaired) electrons. The molecule has 0 saturated heterocycles. The predicted octanol–water partition coefficient (Wildman–Crippen LogP) is 3.24. The highest BCUT2D eigenvalue weighted by Gasteiger charge is 2.13. The van der Waals surface area contributed by atoms with Gasteiger partial charge in [0.25, 0.3) is 0 Å². The van der Waals surface area contributed by atoms with Gasteiger partial charge in [-0.25, -0.2) is 9.98 Å². The van der Waals surface area contributed by atoms with E-state index >= 15 is 0 Å². The monoisotopic (exact) mass is 390 g/mol. The Bertz CT molecular complexity index is 805. The van der Waals surface area contributed by atoms with Gasteiger partial charge < -0.3 is 22.9 Å². The molecule has 1 aliphatic rings. The molecule has 2 aromatic carbocycles. The van der Waals surface area contributed by atoms with Crippen LogP contribution in [0.3, 0.4) is 0 Å². The highest BCUT2D eigenvalue weighted by molar-refractivity contribution is 6.23. The molecule has 8 N–H and O–H groups in total. The van der Waals surface area contributed by atoms with Gasteiger partial charge in [0.2, 0.25) is 0 Å². The Morgan fingerprint density at radius 1 is 0.500 bits per heavy atom. The molecular formula is C18H20Cl2N6. The Kier molecular flexibility index (Phi) is 7.25. The zero-order chi connectivity index (χ0) is 17.1. The maximum absolute atomic E-state index is 6.09. The molecule has 2 aromatic rings. The van der Waals surface area contributed by atoms with E-state index in [9.17, 15) is 0 Å². The van der Waals surface area contributed by atoms with Gasteiger partial charge in [0, 0.05) is 11.4 Å². The second kappa shape index (κ2) is 8.94. The topological polar surface area (TPSA) is 129 Å². The largest absolute Gasteiger partial charge is 0.399 e. The second-order valence-corrected chi connectivity index (χ2v) is 5.38. The highest BCUT2D eigenvalue weighted by atomic mass is 35.5. The van der Waals surface area contributed by atoms with Crippen LogP contribution in [0.5, 0.6) is 0 Å². The van der Waals surface area contributed by atoms with Crippen LogP contribution in [0.4, 0.5) is 22.7 Å². The van der Waals surface area contributed by atoms with Gasteiger partial charge in [-0.1, -0.05) is 0 Å². The zero-order valence-electron chi connectivity index (χ0n) is 13.8. The van der Waals surface area contributed by atoms with E-state index in [0.717, 1.165) is 11.4 Å². The van der Waals surface area contributed by atoms with Crippen LogP contribution >= 0.6 is 24.8 Å². The fraction of sp³-hybridized carbons (Fsp3) is 0. The SMILES string of the molecule is Cl.Cl.NC1=CC(=Nc2ccc(N)cc2)C(N)=CC1=Nc1ccc(N)cc1. The fourth-order valence-corrected chi connectivity index (χ4v) is 2.18. The van der Waals surface area contributed by atoms with E-state index in [1.807, 2.05) is 24.3 Å². The van der Waals surface area contributed by atoms with E-state index in [1.165, 1.54) is 0 Å². The van der Waals surface area contributed by atoms with Gasteiger partial charge in [-0.15, -0.1) is 24.8 Å². The summed E-state index contributed by atoms with van der Waals surface area (Å²) >= 11 is 0. The summed E-state index contributed by atoms with van der Waals surface area (Å²) in [5, 5.41) is 0. The molecule has 0 amide bonds. The predicted molar refractivity (Wildman–Crippen MR) is 115 cm³/mol. The number of aliphatic imine (C=N–C) groups is 2. The van der Waals surface area contributed by atoms with Crippen molar-refractivity contribution < 1.29 is 0 Å². The first kappa shape index (κ1) is 21.1. The summed E-state index contributed by atoms with van der Waals surface area (Å²) in [4.78, 5) is 8.97. The Morgan fingerprint density at radius 3 is 1.12 bits per heavy atom. The smallest absolute Gasteiger partial charge is 0.0888 e. The van der Waals surface area contributed by atoms with E-state index in [0.29, 0.717) is 34.2 Å². The summed E-state index contributed by atoms with van der Waals surface area (Å²) in [5.74, 6) is 0. The lowest BCUT2D eigenvalue weighted by atomic mass is 10.1. The van der Waals surface area contributed by atoms with Gasteiger partial charge in [-0.05, 0) is 60.7 Å². The van der Waals surface area contributed by atoms with Gasteiger partial charge in [0.05, 0.1) is 34.2 Å². The van der Waals surface area contributed by atoms with Crippen LogP contribution < -0.4 is 22.9 Å². The minimum atomic E-state index is 0. The summed E-state index contributed by atoms with van der Waals surface area (Å²) in [5.41, 5.74) is 28.6. The van der Waals surface area contributed by atoms with Crippen molar-refractivity contribution in [1.82, 2.24) is 0 Å². The van der Waals surface area contributed by atoms with Crippen molar-refractivity contribution in [2.45, 2.75) is 0 Å². The molecule has 0 atom stereocenters. The van der Waals surface area contributed by atoms with E-state index in [-0.39, 0.29) is 24.8 Å². The third kappa shape index (κ3) is 5.02. The number of nitrogens with two attached hydrogens (primary N) is 4. The fourth-order valence-electron chi connectivity index (χ4n) is 2.18. The Morgan fingerprint density at radius 2 is 0.808 bits per heavy atom. The van der Waals surface area contributed by atoms with Gasteiger partial charge in [-0.2, -0.15) is 0 Å². The van der Waals surface area contributed by atoms with Crippen molar-refractivity contribution in [3.05, 3.63) is 72.1 Å². The number of nitrogen functional groups attached to an aromatic ring is 2. The van der Waals surface area contributed by atoms with E-state index in [1.54, 1.807) is 36.4 Å². The summed E-state index contributed by atoms with van der Waals surface area (Å²) < 4.78 is 0. The molecule has 6 nitrogen and oxygen atoms in total. The molecule has 0 unspecified atom stereocenters. The minimum Gasteiger partial charge on any atom is -0.399 e. The Balaban J connectivity index is 0.00000169. The number of rotatable bonds is 2. The molecule has 26 heavy (non-hydrogen) atoms. The van der Waals surface area contributed by atoms with E-state index < -0.39 is 0 Å². The lowest BCUT2D eigenvalue weighted by Crippen LogP contribution is -2.22. The summed E-state index contributed by atoms with van der Waals surface area (Å²) in [6.45, 7) is 0. The quantitative estimate of drug-likeness (QED) is 0.463. The molecular weight excluding hydrogens is 371 g/mol. The molecule has 0 spiro atoms. The maximum atomic E-state index is 6.09. The first-order valence-corrected chi connectivity index (χ1v) is 7.35.